The Morgan fingerprint density at radius 2 is 1.84 bits per heavy atom. The third-order valence-corrected chi connectivity index (χ3v) is 7.62. The Morgan fingerprint density at radius 3 is 2.56 bits per heavy atom. The minimum atomic E-state index is 0.0266. The van der Waals surface area contributed by atoms with E-state index in [2.05, 4.69) is 65.9 Å². The SMILES string of the molecule is Cc1ccc(Cl)cc1-n1c(C)cc([C@@H]2[C@H](c3ccccn3)NC(=S)N2C2CCCC2)c1C. The number of nitrogens with zero attached hydrogens (tertiary/aromatic N) is 3. The van der Waals surface area contributed by atoms with Crippen LogP contribution < -0.4 is 5.32 Å². The summed E-state index contributed by atoms with van der Waals surface area (Å²) in [6, 6.07) is 15.2. The monoisotopic (exact) mass is 464 g/mol. The maximum atomic E-state index is 6.38. The number of pyridine rings is 1. The maximum absolute atomic E-state index is 6.38. The Balaban J connectivity index is 1.66. The van der Waals surface area contributed by atoms with Gasteiger partial charge in [-0.25, -0.2) is 0 Å². The number of nitrogens with one attached hydrogen (secondary N) is 1. The lowest BCUT2D eigenvalue weighted by atomic mass is 9.95. The Hall–Kier alpha value is -2.37. The van der Waals surface area contributed by atoms with Crippen LogP contribution in [-0.4, -0.2) is 25.6 Å². The fourth-order valence-electron chi connectivity index (χ4n) is 5.56. The van der Waals surface area contributed by atoms with Crippen LogP contribution in [-0.2, 0) is 0 Å². The number of hydrogen-bond acceptors (Lipinski definition) is 2. The summed E-state index contributed by atoms with van der Waals surface area (Å²) in [5.41, 5.74) is 7.10. The van der Waals surface area contributed by atoms with Crippen molar-refractivity contribution < 1.29 is 0 Å². The zero-order valence-electron chi connectivity index (χ0n) is 18.8. The van der Waals surface area contributed by atoms with Gasteiger partial charge in [-0.05, 0) is 87.3 Å². The zero-order chi connectivity index (χ0) is 22.4. The van der Waals surface area contributed by atoms with Crippen molar-refractivity contribution in [1.29, 1.82) is 0 Å². The van der Waals surface area contributed by atoms with Gasteiger partial charge >= 0.3 is 0 Å². The molecule has 1 saturated carbocycles. The van der Waals surface area contributed by atoms with Gasteiger partial charge in [-0.1, -0.05) is 36.6 Å². The molecule has 2 aromatic heterocycles. The van der Waals surface area contributed by atoms with Crippen LogP contribution in [0.1, 0.15) is 66.0 Å². The van der Waals surface area contributed by atoms with E-state index in [-0.39, 0.29) is 12.1 Å². The van der Waals surface area contributed by atoms with Gasteiger partial charge < -0.3 is 14.8 Å². The van der Waals surface area contributed by atoms with Crippen LogP contribution >= 0.6 is 23.8 Å². The lowest BCUT2D eigenvalue weighted by molar-refractivity contribution is 0.245. The van der Waals surface area contributed by atoms with Crippen molar-refractivity contribution in [2.45, 2.75) is 64.6 Å². The summed E-state index contributed by atoms with van der Waals surface area (Å²) in [6.07, 6.45) is 6.80. The highest BCUT2D eigenvalue weighted by Crippen LogP contribution is 2.45. The lowest BCUT2D eigenvalue weighted by Crippen LogP contribution is -2.37. The molecule has 2 fully saturated rings. The zero-order valence-corrected chi connectivity index (χ0v) is 20.4. The fraction of sp³-hybridized carbons (Fsp3) is 0.385. The molecule has 0 spiro atoms. The second-order valence-electron chi connectivity index (χ2n) is 9.06. The molecular formula is C26H29ClN4S. The van der Waals surface area contributed by atoms with Crippen molar-refractivity contribution in [3.8, 4) is 5.69 Å². The van der Waals surface area contributed by atoms with Gasteiger partial charge in [0.15, 0.2) is 5.11 Å². The number of halogens is 1. The first-order valence-corrected chi connectivity index (χ1v) is 12.2. The van der Waals surface area contributed by atoms with E-state index < -0.39 is 0 Å². The summed E-state index contributed by atoms with van der Waals surface area (Å²) >= 11 is 12.3. The summed E-state index contributed by atoms with van der Waals surface area (Å²) in [6.45, 7) is 6.53. The average Bonchev–Trinajstić information content (AvgIpc) is 3.49. The fourth-order valence-corrected chi connectivity index (χ4v) is 6.11. The van der Waals surface area contributed by atoms with Crippen molar-refractivity contribution in [1.82, 2.24) is 19.8 Å². The minimum absolute atomic E-state index is 0.0266. The van der Waals surface area contributed by atoms with E-state index in [1.807, 2.05) is 18.3 Å². The first-order valence-electron chi connectivity index (χ1n) is 11.4. The quantitative estimate of drug-likeness (QED) is 0.455. The van der Waals surface area contributed by atoms with E-state index in [1.54, 1.807) is 0 Å². The molecule has 4 nitrogen and oxygen atoms in total. The highest BCUT2D eigenvalue weighted by Gasteiger charge is 2.44. The summed E-state index contributed by atoms with van der Waals surface area (Å²) in [5.74, 6) is 0. The normalized spacial score (nSPS) is 21.4. The molecule has 166 valence electrons. The van der Waals surface area contributed by atoms with Crippen LogP contribution in [0.3, 0.4) is 0 Å². The second kappa shape index (κ2) is 8.53. The predicted molar refractivity (Wildman–Crippen MR) is 135 cm³/mol. The van der Waals surface area contributed by atoms with E-state index in [1.165, 1.54) is 48.2 Å². The van der Waals surface area contributed by atoms with Crippen molar-refractivity contribution in [3.05, 3.63) is 81.9 Å². The highest BCUT2D eigenvalue weighted by molar-refractivity contribution is 7.80. The van der Waals surface area contributed by atoms with E-state index in [4.69, 9.17) is 28.8 Å². The maximum Gasteiger partial charge on any atom is 0.170 e. The Kier molecular flexibility index (Phi) is 5.72. The number of hydrogen-bond donors (Lipinski definition) is 1. The molecule has 5 rings (SSSR count). The smallest absolute Gasteiger partial charge is 0.170 e. The molecule has 0 unspecified atom stereocenters. The van der Waals surface area contributed by atoms with Crippen LogP contribution in [0.15, 0.2) is 48.7 Å². The van der Waals surface area contributed by atoms with Gasteiger partial charge in [-0.2, -0.15) is 0 Å². The molecule has 1 aliphatic carbocycles. The molecule has 2 aliphatic rings. The molecule has 0 bridgehead atoms. The van der Waals surface area contributed by atoms with Crippen molar-refractivity contribution >= 4 is 28.9 Å². The molecule has 1 saturated heterocycles. The molecule has 1 aliphatic heterocycles. The number of benzene rings is 1. The molecule has 1 aromatic carbocycles. The Morgan fingerprint density at radius 1 is 1.06 bits per heavy atom. The molecule has 1 N–H and O–H groups in total. The Labute approximate surface area is 200 Å². The van der Waals surface area contributed by atoms with Gasteiger partial charge in [0.1, 0.15) is 0 Å². The van der Waals surface area contributed by atoms with E-state index >= 15 is 0 Å². The van der Waals surface area contributed by atoms with Gasteiger partial charge in [0.05, 0.1) is 17.8 Å². The van der Waals surface area contributed by atoms with Gasteiger partial charge in [0.2, 0.25) is 0 Å². The third kappa shape index (κ3) is 3.61. The standard InChI is InChI=1S/C26H29ClN4S/c1-16-11-12-19(27)15-23(16)30-17(2)14-21(18(30)3)25-24(22-10-6-7-13-28-22)29-26(32)31(25)20-8-4-5-9-20/h6-7,10-15,20,24-25H,4-5,8-9H2,1-3H3,(H,29,32)/t24-,25+/m0/s1. The first-order chi connectivity index (χ1) is 15.5. The van der Waals surface area contributed by atoms with Gasteiger partial charge in [-0.15, -0.1) is 0 Å². The van der Waals surface area contributed by atoms with Crippen LogP contribution in [0.25, 0.3) is 5.69 Å². The van der Waals surface area contributed by atoms with Crippen molar-refractivity contribution in [2.24, 2.45) is 0 Å². The summed E-state index contributed by atoms with van der Waals surface area (Å²) < 4.78 is 2.33. The van der Waals surface area contributed by atoms with Crippen LogP contribution in [0.5, 0.6) is 0 Å². The molecule has 6 heteroatoms. The molecule has 3 heterocycles. The van der Waals surface area contributed by atoms with Crippen molar-refractivity contribution in [2.75, 3.05) is 0 Å². The van der Waals surface area contributed by atoms with Crippen LogP contribution in [0, 0.1) is 20.8 Å². The van der Waals surface area contributed by atoms with Crippen molar-refractivity contribution in [3.63, 3.8) is 0 Å². The van der Waals surface area contributed by atoms with E-state index in [0.717, 1.165) is 21.5 Å². The van der Waals surface area contributed by atoms with Crippen LogP contribution in [0.4, 0.5) is 0 Å². The minimum Gasteiger partial charge on any atom is -0.352 e. The second-order valence-corrected chi connectivity index (χ2v) is 9.89. The molecule has 0 radical (unpaired) electrons. The lowest BCUT2D eigenvalue weighted by Gasteiger charge is -2.33. The third-order valence-electron chi connectivity index (χ3n) is 7.05. The van der Waals surface area contributed by atoms with E-state index in [0.29, 0.717) is 6.04 Å². The van der Waals surface area contributed by atoms with Gasteiger partial charge in [0.25, 0.3) is 0 Å². The summed E-state index contributed by atoms with van der Waals surface area (Å²) in [5, 5.41) is 5.23. The topological polar surface area (TPSA) is 33.1 Å². The number of aromatic nitrogens is 2. The molecular weight excluding hydrogens is 436 g/mol. The van der Waals surface area contributed by atoms with Gasteiger partial charge in [-0.3, -0.25) is 4.98 Å². The summed E-state index contributed by atoms with van der Waals surface area (Å²) in [4.78, 5) is 7.17. The number of rotatable bonds is 4. The number of thiocarbonyl (C=S) groups is 1. The first kappa shape index (κ1) is 21.5. The van der Waals surface area contributed by atoms with Gasteiger partial charge in [0, 0.05) is 34.3 Å². The summed E-state index contributed by atoms with van der Waals surface area (Å²) in [7, 11) is 0. The highest BCUT2D eigenvalue weighted by atomic mass is 35.5. The Bertz CT molecular complexity index is 1150. The molecule has 32 heavy (non-hydrogen) atoms. The average molecular weight is 465 g/mol. The molecule has 3 aromatic rings. The number of aryl methyl sites for hydroxylation is 2. The van der Waals surface area contributed by atoms with Crippen LogP contribution in [0.2, 0.25) is 5.02 Å². The molecule has 0 amide bonds. The largest absolute Gasteiger partial charge is 0.352 e. The molecule has 2 atom stereocenters. The van der Waals surface area contributed by atoms with E-state index in [9.17, 15) is 0 Å². The predicted octanol–water partition coefficient (Wildman–Crippen LogP) is 6.37.